The molecule has 1 aromatic carbocycles. The third-order valence-electron chi connectivity index (χ3n) is 3.46. The third kappa shape index (κ3) is 3.75. The van der Waals surface area contributed by atoms with E-state index in [0.29, 0.717) is 0 Å². The Morgan fingerprint density at radius 2 is 1.84 bits per heavy atom. The van der Waals surface area contributed by atoms with Gasteiger partial charge in [-0.25, -0.2) is 18.4 Å². The highest BCUT2D eigenvalue weighted by atomic mass is 32.2. The number of hydrogen-bond donors (Lipinski definition) is 1. The minimum atomic E-state index is -4.11. The number of rotatable bonds is 5. The lowest BCUT2D eigenvalue weighted by Crippen LogP contribution is -2.38. The van der Waals surface area contributed by atoms with Crippen LogP contribution in [0.5, 0.6) is 5.75 Å². The number of benzene rings is 1. The van der Waals surface area contributed by atoms with Gasteiger partial charge in [-0.05, 0) is 12.1 Å². The third-order valence-corrected chi connectivity index (χ3v) is 4.37. The summed E-state index contributed by atoms with van der Waals surface area (Å²) in [5.41, 5.74) is -1.55. The van der Waals surface area contributed by atoms with Gasteiger partial charge in [0, 0.05) is 26.2 Å². The molecule has 0 spiro atoms. The van der Waals surface area contributed by atoms with E-state index in [0.717, 1.165) is 33.4 Å². The van der Waals surface area contributed by atoms with Gasteiger partial charge in [-0.3, -0.25) is 24.0 Å². The van der Waals surface area contributed by atoms with Crippen LogP contribution in [-0.4, -0.2) is 22.5 Å². The lowest BCUT2D eigenvalue weighted by molar-refractivity contribution is -0.386. The maximum absolute atomic E-state index is 11.8. The Bertz CT molecular complexity index is 1070. The molecule has 0 saturated heterocycles. The first-order valence-corrected chi connectivity index (χ1v) is 8.27. The van der Waals surface area contributed by atoms with E-state index in [1.165, 1.54) is 14.1 Å². The van der Waals surface area contributed by atoms with Gasteiger partial charge in [0.15, 0.2) is 5.75 Å². The van der Waals surface area contributed by atoms with Crippen molar-refractivity contribution < 1.29 is 18.1 Å². The highest BCUT2D eigenvalue weighted by Gasteiger charge is 2.20. The van der Waals surface area contributed by atoms with Crippen LogP contribution < -0.4 is 21.1 Å². The van der Waals surface area contributed by atoms with Crippen molar-refractivity contribution in [2.45, 2.75) is 11.5 Å². The smallest absolute Gasteiger partial charge is 0.330 e. The van der Waals surface area contributed by atoms with Crippen LogP contribution in [0.1, 0.15) is 5.69 Å². The molecule has 0 aliphatic heterocycles. The van der Waals surface area contributed by atoms with Gasteiger partial charge in [0.25, 0.3) is 5.56 Å². The molecule has 1 aromatic heterocycles. The molecular weight excluding hydrogens is 356 g/mol. The van der Waals surface area contributed by atoms with E-state index in [1.807, 2.05) is 0 Å². The summed E-state index contributed by atoms with van der Waals surface area (Å²) in [6.45, 7) is -0.308. The number of nitro benzene ring substituents is 1. The van der Waals surface area contributed by atoms with Gasteiger partial charge in [-0.2, -0.15) is 0 Å². The van der Waals surface area contributed by atoms with Crippen LogP contribution in [-0.2, 0) is 30.7 Å². The highest BCUT2D eigenvalue weighted by Crippen LogP contribution is 2.29. The molecule has 2 rings (SSSR count). The minimum Gasteiger partial charge on any atom is -0.480 e. The van der Waals surface area contributed by atoms with Gasteiger partial charge in [0.05, 0.1) is 15.5 Å². The first-order valence-electron chi connectivity index (χ1n) is 6.72. The van der Waals surface area contributed by atoms with E-state index >= 15 is 0 Å². The van der Waals surface area contributed by atoms with Crippen molar-refractivity contribution in [3.63, 3.8) is 0 Å². The molecule has 0 atom stereocenters. The predicted octanol–water partition coefficient (Wildman–Crippen LogP) is -0.781. The molecule has 25 heavy (non-hydrogen) atoms. The summed E-state index contributed by atoms with van der Waals surface area (Å²) >= 11 is 0. The minimum absolute atomic E-state index is 0.193. The lowest BCUT2D eigenvalue weighted by atomic mass is 10.3. The summed E-state index contributed by atoms with van der Waals surface area (Å²) in [6, 6.07) is 4.07. The van der Waals surface area contributed by atoms with Crippen molar-refractivity contribution >= 4 is 15.7 Å². The fraction of sp³-hybridized carbons (Fsp3) is 0.231. The van der Waals surface area contributed by atoms with Gasteiger partial charge < -0.3 is 4.74 Å². The summed E-state index contributed by atoms with van der Waals surface area (Å²) in [4.78, 5) is 33.3. The van der Waals surface area contributed by atoms with Crippen molar-refractivity contribution in [2.24, 2.45) is 19.2 Å². The standard InChI is InChI=1S/C13H14N4O7S/c1-15-8(5-12(18)16(2)13(15)19)7-24-11-4-3-9(25(14,22)23)6-10(11)17(20)21/h3-6H,7H2,1-2H3,(H2,14,22,23). The molecule has 0 fully saturated rings. The molecule has 134 valence electrons. The fourth-order valence-corrected chi connectivity index (χ4v) is 2.54. The molecule has 0 saturated carbocycles. The Balaban J connectivity index is 2.41. The van der Waals surface area contributed by atoms with E-state index in [4.69, 9.17) is 9.88 Å². The second-order valence-electron chi connectivity index (χ2n) is 5.09. The van der Waals surface area contributed by atoms with Gasteiger partial charge in [0.2, 0.25) is 10.0 Å². The van der Waals surface area contributed by atoms with E-state index in [-0.39, 0.29) is 18.1 Å². The molecule has 0 unspecified atom stereocenters. The van der Waals surface area contributed by atoms with E-state index < -0.39 is 36.8 Å². The van der Waals surface area contributed by atoms with E-state index in [9.17, 15) is 28.1 Å². The van der Waals surface area contributed by atoms with Crippen molar-refractivity contribution in [1.82, 2.24) is 9.13 Å². The zero-order chi connectivity index (χ0) is 18.9. The molecular formula is C13H14N4O7S. The first-order chi connectivity index (χ1) is 11.5. The van der Waals surface area contributed by atoms with E-state index in [2.05, 4.69) is 0 Å². The number of aromatic nitrogens is 2. The summed E-state index contributed by atoms with van der Waals surface area (Å²) < 4.78 is 29.9. The topological polar surface area (TPSA) is 157 Å². The van der Waals surface area contributed by atoms with Crippen LogP contribution >= 0.6 is 0 Å². The Morgan fingerprint density at radius 3 is 2.40 bits per heavy atom. The predicted molar refractivity (Wildman–Crippen MR) is 85.7 cm³/mol. The molecule has 2 N–H and O–H groups in total. The maximum Gasteiger partial charge on any atom is 0.330 e. The average Bonchev–Trinajstić information content (AvgIpc) is 2.53. The normalized spacial score (nSPS) is 11.3. The molecule has 0 radical (unpaired) electrons. The van der Waals surface area contributed by atoms with Crippen LogP contribution in [0.2, 0.25) is 0 Å². The number of nitro groups is 1. The first kappa shape index (κ1) is 18.4. The van der Waals surface area contributed by atoms with Crippen LogP contribution in [0, 0.1) is 10.1 Å². The zero-order valence-electron chi connectivity index (χ0n) is 13.2. The highest BCUT2D eigenvalue weighted by molar-refractivity contribution is 7.89. The van der Waals surface area contributed by atoms with Crippen molar-refractivity contribution in [3.8, 4) is 5.75 Å². The molecule has 0 aliphatic carbocycles. The number of ether oxygens (including phenoxy) is 1. The summed E-state index contributed by atoms with van der Waals surface area (Å²) in [6.07, 6.45) is 0. The monoisotopic (exact) mass is 370 g/mol. The van der Waals surface area contributed by atoms with Crippen LogP contribution in [0.3, 0.4) is 0 Å². The van der Waals surface area contributed by atoms with Gasteiger partial charge in [-0.1, -0.05) is 0 Å². The molecule has 2 aromatic rings. The van der Waals surface area contributed by atoms with Crippen molar-refractivity contribution in [1.29, 1.82) is 0 Å². The van der Waals surface area contributed by atoms with Gasteiger partial charge in [-0.15, -0.1) is 0 Å². The SMILES string of the molecule is Cn1c(COc2ccc(S(N)(=O)=O)cc2[N+](=O)[O-])cc(=O)n(C)c1=O. The molecule has 0 aliphatic rings. The lowest BCUT2D eigenvalue weighted by Gasteiger charge is -2.11. The number of nitrogens with zero attached hydrogens (tertiary/aromatic N) is 3. The number of sulfonamides is 1. The molecule has 11 nitrogen and oxygen atoms in total. The number of hydrogen-bond acceptors (Lipinski definition) is 7. The summed E-state index contributed by atoms with van der Waals surface area (Å²) in [5.74, 6) is -0.231. The number of primary sulfonamides is 1. The molecule has 12 heteroatoms. The average molecular weight is 370 g/mol. The Kier molecular flexibility index (Phi) is 4.76. The Labute approximate surface area is 141 Å². The van der Waals surface area contributed by atoms with Crippen LogP contribution in [0.15, 0.2) is 38.8 Å². The van der Waals surface area contributed by atoms with Crippen molar-refractivity contribution in [3.05, 3.63) is 60.9 Å². The quantitative estimate of drug-likeness (QED) is 0.534. The fourth-order valence-electron chi connectivity index (χ4n) is 2.01. The van der Waals surface area contributed by atoms with E-state index in [1.54, 1.807) is 0 Å². The molecule has 1 heterocycles. The van der Waals surface area contributed by atoms with Crippen LogP contribution in [0.4, 0.5) is 5.69 Å². The zero-order valence-corrected chi connectivity index (χ0v) is 14.0. The number of nitrogens with two attached hydrogens (primary N) is 1. The summed E-state index contributed by atoms with van der Waals surface area (Å²) in [5, 5.41) is 16.1. The molecule has 0 bridgehead atoms. The largest absolute Gasteiger partial charge is 0.480 e. The van der Waals surface area contributed by atoms with Crippen LogP contribution in [0.25, 0.3) is 0 Å². The second-order valence-corrected chi connectivity index (χ2v) is 6.66. The Hall–Kier alpha value is -2.99. The van der Waals surface area contributed by atoms with Crippen molar-refractivity contribution in [2.75, 3.05) is 0 Å². The Morgan fingerprint density at radius 1 is 1.20 bits per heavy atom. The maximum atomic E-state index is 11.8. The summed E-state index contributed by atoms with van der Waals surface area (Å²) in [7, 11) is -1.39. The van der Waals surface area contributed by atoms with Gasteiger partial charge >= 0.3 is 11.4 Å². The van der Waals surface area contributed by atoms with Gasteiger partial charge in [0.1, 0.15) is 6.61 Å². The molecule has 0 amide bonds. The second kappa shape index (κ2) is 6.49.